The van der Waals surface area contributed by atoms with Crippen molar-refractivity contribution in [3.63, 3.8) is 0 Å². The molecule has 4 rings (SSSR count). The molecule has 0 atom stereocenters. The lowest BCUT2D eigenvalue weighted by atomic mass is 9.94. The van der Waals surface area contributed by atoms with Gasteiger partial charge in [0.25, 0.3) is 0 Å². The van der Waals surface area contributed by atoms with Crippen LogP contribution >= 0.6 is 27.5 Å². The van der Waals surface area contributed by atoms with Crippen molar-refractivity contribution in [2.45, 2.75) is 19.5 Å². The van der Waals surface area contributed by atoms with E-state index in [4.69, 9.17) is 16.0 Å². The minimum atomic E-state index is -4.90. The van der Waals surface area contributed by atoms with Gasteiger partial charge in [-0.05, 0) is 54.4 Å². The summed E-state index contributed by atoms with van der Waals surface area (Å²) in [5, 5.41) is 3.03. The third-order valence-electron chi connectivity index (χ3n) is 5.31. The van der Waals surface area contributed by atoms with Gasteiger partial charge in [0.15, 0.2) is 0 Å². The lowest BCUT2D eigenvalue weighted by molar-refractivity contribution is -0.137. The molecule has 0 fully saturated rings. The Morgan fingerprint density at radius 1 is 1.09 bits per heavy atom. The summed E-state index contributed by atoms with van der Waals surface area (Å²) in [5.74, 6) is -2.00. The summed E-state index contributed by atoms with van der Waals surface area (Å²) in [6, 6.07) is 12.1. The molecule has 0 radical (unpaired) electrons. The van der Waals surface area contributed by atoms with Crippen LogP contribution in [0.1, 0.15) is 16.7 Å². The first-order valence-corrected chi connectivity index (χ1v) is 11.3. The molecule has 1 aromatic heterocycles. The van der Waals surface area contributed by atoms with Crippen molar-refractivity contribution in [2.24, 2.45) is 0 Å². The van der Waals surface area contributed by atoms with Gasteiger partial charge in [-0.3, -0.25) is 4.79 Å². The van der Waals surface area contributed by atoms with E-state index in [1.54, 1.807) is 37.3 Å². The molecule has 0 saturated heterocycles. The van der Waals surface area contributed by atoms with Gasteiger partial charge in [0.1, 0.15) is 11.4 Å². The average Bonchev–Trinajstić information content (AvgIpc) is 2.77. The van der Waals surface area contributed by atoms with Gasteiger partial charge in [0.2, 0.25) is 5.91 Å². The van der Waals surface area contributed by atoms with E-state index >= 15 is 0 Å². The number of rotatable bonds is 4. The van der Waals surface area contributed by atoms with Gasteiger partial charge in [0, 0.05) is 26.5 Å². The normalized spacial score (nSPS) is 11.6. The van der Waals surface area contributed by atoms with E-state index in [9.17, 15) is 27.2 Å². The standard InChI is InChI=1S/C25H15BrClF4NO3/c1-12-8-16-21(11-19(12)27)35-24(34)17(23(16)13-2-4-14(26)5-3-13)10-22(33)32-20-7-6-15(28)9-18(20)25(29,30)31/h2-9,11H,10H2,1H3,(H,32,33). The van der Waals surface area contributed by atoms with Crippen molar-refractivity contribution >= 4 is 50.1 Å². The Morgan fingerprint density at radius 2 is 1.77 bits per heavy atom. The SMILES string of the molecule is Cc1cc2c(-c3ccc(Br)cc3)c(CC(=O)Nc3ccc(F)cc3C(F)(F)F)c(=O)oc2cc1Cl. The van der Waals surface area contributed by atoms with E-state index in [-0.39, 0.29) is 11.1 Å². The van der Waals surface area contributed by atoms with Crippen LogP contribution in [0.3, 0.4) is 0 Å². The summed E-state index contributed by atoms with van der Waals surface area (Å²) in [6.07, 6.45) is -5.48. The number of alkyl halides is 3. The van der Waals surface area contributed by atoms with Crippen LogP contribution in [0.5, 0.6) is 0 Å². The Bertz CT molecular complexity index is 1510. The number of fused-ring (bicyclic) bond motifs is 1. The van der Waals surface area contributed by atoms with Crippen LogP contribution in [0, 0.1) is 12.7 Å². The summed E-state index contributed by atoms with van der Waals surface area (Å²) < 4.78 is 59.6. The lowest BCUT2D eigenvalue weighted by Gasteiger charge is -2.15. The predicted molar refractivity (Wildman–Crippen MR) is 129 cm³/mol. The fraction of sp³-hybridized carbons (Fsp3) is 0.120. The third kappa shape index (κ3) is 5.26. The van der Waals surface area contributed by atoms with Crippen molar-refractivity contribution in [3.8, 4) is 11.1 Å². The number of halogens is 6. The molecule has 1 heterocycles. The molecule has 1 amide bonds. The Kier molecular flexibility index (Phi) is 6.75. The number of aryl methyl sites for hydroxylation is 1. The zero-order valence-electron chi connectivity index (χ0n) is 17.9. The zero-order valence-corrected chi connectivity index (χ0v) is 20.2. The van der Waals surface area contributed by atoms with Gasteiger partial charge >= 0.3 is 11.8 Å². The fourth-order valence-electron chi connectivity index (χ4n) is 3.69. The molecule has 1 N–H and O–H groups in total. The largest absolute Gasteiger partial charge is 0.422 e. The van der Waals surface area contributed by atoms with Gasteiger partial charge in [-0.1, -0.05) is 39.7 Å². The van der Waals surface area contributed by atoms with Gasteiger partial charge in [-0.2, -0.15) is 13.2 Å². The fourth-order valence-corrected chi connectivity index (χ4v) is 4.11. The molecular weight excluding hydrogens is 554 g/mol. The highest BCUT2D eigenvalue weighted by Gasteiger charge is 2.34. The summed E-state index contributed by atoms with van der Waals surface area (Å²) in [7, 11) is 0. The highest BCUT2D eigenvalue weighted by molar-refractivity contribution is 9.10. The molecule has 0 spiro atoms. The topological polar surface area (TPSA) is 59.3 Å². The number of benzene rings is 3. The van der Waals surface area contributed by atoms with Crippen LogP contribution in [-0.4, -0.2) is 5.91 Å². The number of hydrogen-bond acceptors (Lipinski definition) is 3. The molecule has 0 saturated carbocycles. The molecule has 180 valence electrons. The Balaban J connectivity index is 1.83. The van der Waals surface area contributed by atoms with Crippen molar-refractivity contribution in [3.05, 3.63) is 97.0 Å². The minimum absolute atomic E-state index is 0.0466. The summed E-state index contributed by atoms with van der Waals surface area (Å²) >= 11 is 9.53. The molecule has 0 unspecified atom stereocenters. The first kappa shape index (κ1) is 24.9. The second-order valence-corrected chi connectivity index (χ2v) is 9.08. The number of carbonyl (C=O) groups is 1. The average molecular weight is 569 g/mol. The first-order chi connectivity index (χ1) is 16.4. The number of hydrogen-bond donors (Lipinski definition) is 1. The van der Waals surface area contributed by atoms with Crippen LogP contribution in [-0.2, 0) is 17.4 Å². The van der Waals surface area contributed by atoms with Crippen LogP contribution in [0.4, 0.5) is 23.2 Å². The molecule has 3 aromatic carbocycles. The quantitative estimate of drug-likeness (QED) is 0.205. The molecule has 0 aliphatic heterocycles. The van der Waals surface area contributed by atoms with Crippen LogP contribution < -0.4 is 10.9 Å². The third-order valence-corrected chi connectivity index (χ3v) is 6.25. The number of amides is 1. The maximum Gasteiger partial charge on any atom is 0.418 e. The molecule has 10 heteroatoms. The summed E-state index contributed by atoms with van der Waals surface area (Å²) in [5.41, 5.74) is -0.956. The predicted octanol–water partition coefficient (Wildman–Crippen LogP) is 7.52. The Hall–Kier alpha value is -3.17. The van der Waals surface area contributed by atoms with Gasteiger partial charge in [-0.25, -0.2) is 9.18 Å². The molecule has 4 nitrogen and oxygen atoms in total. The highest BCUT2D eigenvalue weighted by Crippen LogP contribution is 2.36. The number of carbonyl (C=O) groups excluding carboxylic acids is 1. The van der Waals surface area contributed by atoms with Gasteiger partial charge in [0.05, 0.1) is 23.2 Å². The second kappa shape index (κ2) is 9.47. The van der Waals surface area contributed by atoms with E-state index < -0.39 is 41.2 Å². The molecular formula is C25H15BrClF4NO3. The maximum atomic E-state index is 13.4. The van der Waals surface area contributed by atoms with Crippen LogP contribution in [0.2, 0.25) is 5.02 Å². The Morgan fingerprint density at radius 3 is 2.43 bits per heavy atom. The highest BCUT2D eigenvalue weighted by atomic mass is 79.9. The maximum absolute atomic E-state index is 13.4. The molecule has 0 aliphatic rings. The molecule has 0 bridgehead atoms. The van der Waals surface area contributed by atoms with Crippen molar-refractivity contribution in [1.29, 1.82) is 0 Å². The number of anilines is 1. The van der Waals surface area contributed by atoms with Crippen LogP contribution in [0.25, 0.3) is 22.1 Å². The van der Waals surface area contributed by atoms with E-state index in [0.717, 1.165) is 16.6 Å². The lowest BCUT2D eigenvalue weighted by Crippen LogP contribution is -2.22. The summed E-state index contributed by atoms with van der Waals surface area (Å²) in [4.78, 5) is 25.7. The smallest absolute Gasteiger partial charge is 0.418 e. The summed E-state index contributed by atoms with van der Waals surface area (Å²) in [6.45, 7) is 1.76. The van der Waals surface area contributed by atoms with E-state index in [1.807, 2.05) is 0 Å². The van der Waals surface area contributed by atoms with Crippen molar-refractivity contribution in [2.75, 3.05) is 5.32 Å². The zero-order chi connectivity index (χ0) is 25.5. The van der Waals surface area contributed by atoms with Crippen molar-refractivity contribution in [1.82, 2.24) is 0 Å². The minimum Gasteiger partial charge on any atom is -0.422 e. The van der Waals surface area contributed by atoms with Crippen molar-refractivity contribution < 1.29 is 26.8 Å². The molecule has 35 heavy (non-hydrogen) atoms. The second-order valence-electron chi connectivity index (χ2n) is 7.76. The Labute approximate surface area is 209 Å². The van der Waals surface area contributed by atoms with E-state index in [1.165, 1.54) is 6.07 Å². The van der Waals surface area contributed by atoms with Gasteiger partial charge in [-0.15, -0.1) is 0 Å². The monoisotopic (exact) mass is 567 g/mol. The first-order valence-electron chi connectivity index (χ1n) is 10.1. The molecule has 4 aromatic rings. The molecule has 0 aliphatic carbocycles. The number of nitrogens with one attached hydrogen (secondary N) is 1. The van der Waals surface area contributed by atoms with Crippen LogP contribution in [0.15, 0.2) is 68.3 Å². The van der Waals surface area contributed by atoms with E-state index in [0.29, 0.717) is 33.2 Å². The van der Waals surface area contributed by atoms with Gasteiger partial charge < -0.3 is 9.73 Å². The van der Waals surface area contributed by atoms with E-state index in [2.05, 4.69) is 21.2 Å².